The molecule has 0 aliphatic carbocycles. The number of nitrogens with two attached hydrogens (primary N) is 1. The van der Waals surface area contributed by atoms with Crippen LogP contribution in [0.4, 0.5) is 15.8 Å². The van der Waals surface area contributed by atoms with Gasteiger partial charge in [-0.2, -0.15) is 0 Å². The zero-order valence-corrected chi connectivity index (χ0v) is 13.2. The van der Waals surface area contributed by atoms with Crippen molar-refractivity contribution in [3.63, 3.8) is 0 Å². The van der Waals surface area contributed by atoms with Crippen molar-refractivity contribution in [2.24, 2.45) is 0 Å². The molecule has 1 aromatic carbocycles. The molecule has 0 spiro atoms. The minimum absolute atomic E-state index is 0.299. The number of hydrogen-bond donors (Lipinski definition) is 1. The molecule has 21 heavy (non-hydrogen) atoms. The Hall–Kier alpha value is -1.49. The van der Waals surface area contributed by atoms with Crippen LogP contribution in [0.1, 0.15) is 26.2 Å². The molecular weight excluding hydrogens is 269 g/mol. The van der Waals surface area contributed by atoms with Crippen LogP contribution >= 0.6 is 0 Å². The fraction of sp³-hybridized carbons (Fsp3) is 0.625. The minimum atomic E-state index is -0.383. The van der Waals surface area contributed by atoms with E-state index in [0.717, 1.165) is 31.6 Å². The quantitative estimate of drug-likeness (QED) is 0.848. The molecule has 1 saturated heterocycles. The number of piperidine rings is 1. The predicted octanol–water partition coefficient (Wildman–Crippen LogP) is 2.73. The van der Waals surface area contributed by atoms with Crippen LogP contribution in [-0.2, 0) is 0 Å². The van der Waals surface area contributed by atoms with Gasteiger partial charge in [-0.25, -0.2) is 4.39 Å². The monoisotopic (exact) mass is 295 g/mol. The first-order valence-electron chi connectivity index (χ1n) is 7.66. The standard InChI is InChI=1S/C16H26FN3O/c1-4-8-21-16-10-15(14(18)9-13(16)17)20-7-5-6-12(11-20)19(2)3/h9-10,12H,4-8,11,18H2,1-3H3. The lowest BCUT2D eigenvalue weighted by molar-refractivity contribution is 0.258. The highest BCUT2D eigenvalue weighted by atomic mass is 19.1. The fourth-order valence-electron chi connectivity index (χ4n) is 2.75. The number of hydrogen-bond acceptors (Lipinski definition) is 4. The van der Waals surface area contributed by atoms with Crippen molar-refractivity contribution in [2.45, 2.75) is 32.2 Å². The topological polar surface area (TPSA) is 41.7 Å². The van der Waals surface area contributed by atoms with Gasteiger partial charge in [0.25, 0.3) is 0 Å². The molecule has 0 bridgehead atoms. The molecule has 5 heteroatoms. The third kappa shape index (κ3) is 3.79. The van der Waals surface area contributed by atoms with Gasteiger partial charge in [0, 0.05) is 31.3 Å². The Kier molecular flexibility index (Phi) is 5.28. The molecule has 0 radical (unpaired) electrons. The highest BCUT2D eigenvalue weighted by Gasteiger charge is 2.23. The molecule has 1 aliphatic rings. The van der Waals surface area contributed by atoms with Crippen molar-refractivity contribution < 1.29 is 9.13 Å². The van der Waals surface area contributed by atoms with Gasteiger partial charge in [0.1, 0.15) is 0 Å². The summed E-state index contributed by atoms with van der Waals surface area (Å²) in [4.78, 5) is 4.47. The second-order valence-electron chi connectivity index (χ2n) is 5.90. The van der Waals surface area contributed by atoms with Gasteiger partial charge < -0.3 is 20.3 Å². The van der Waals surface area contributed by atoms with E-state index in [1.807, 2.05) is 6.92 Å². The predicted molar refractivity (Wildman–Crippen MR) is 85.5 cm³/mol. The number of nitrogen functional groups attached to an aromatic ring is 1. The first kappa shape index (κ1) is 15.9. The van der Waals surface area contributed by atoms with Crippen molar-refractivity contribution >= 4 is 11.4 Å². The summed E-state index contributed by atoms with van der Waals surface area (Å²) in [5.74, 6) is -0.0844. The van der Waals surface area contributed by atoms with Crippen molar-refractivity contribution in [1.82, 2.24) is 4.90 Å². The normalized spacial score (nSPS) is 19.1. The molecule has 4 nitrogen and oxygen atoms in total. The Bertz CT molecular complexity index is 479. The Labute approximate surface area is 126 Å². The molecule has 2 N–H and O–H groups in total. The van der Waals surface area contributed by atoms with Crippen LogP contribution in [0.5, 0.6) is 5.75 Å². The van der Waals surface area contributed by atoms with Crippen molar-refractivity contribution in [3.8, 4) is 5.75 Å². The Morgan fingerprint density at radius 3 is 2.86 bits per heavy atom. The van der Waals surface area contributed by atoms with E-state index in [1.54, 1.807) is 6.07 Å². The number of anilines is 2. The molecule has 1 aliphatic heterocycles. The van der Waals surface area contributed by atoms with E-state index in [1.165, 1.54) is 12.5 Å². The van der Waals surface area contributed by atoms with Crippen LogP contribution in [0.25, 0.3) is 0 Å². The van der Waals surface area contributed by atoms with Crippen molar-refractivity contribution in [3.05, 3.63) is 17.9 Å². The molecule has 0 amide bonds. The van der Waals surface area contributed by atoms with Gasteiger partial charge >= 0.3 is 0 Å². The number of ether oxygens (including phenoxy) is 1. The molecule has 2 rings (SSSR count). The summed E-state index contributed by atoms with van der Waals surface area (Å²) in [7, 11) is 4.19. The highest BCUT2D eigenvalue weighted by molar-refractivity contribution is 5.70. The van der Waals surface area contributed by atoms with Crippen LogP contribution in [0.15, 0.2) is 12.1 Å². The maximum Gasteiger partial charge on any atom is 0.167 e. The van der Waals surface area contributed by atoms with Gasteiger partial charge in [-0.1, -0.05) is 6.92 Å². The van der Waals surface area contributed by atoms with E-state index in [9.17, 15) is 4.39 Å². The summed E-state index contributed by atoms with van der Waals surface area (Å²) in [6.45, 7) is 4.38. The SMILES string of the molecule is CCCOc1cc(N2CCCC(N(C)C)C2)c(N)cc1F. The van der Waals surface area contributed by atoms with Gasteiger partial charge in [0.05, 0.1) is 18.0 Å². The van der Waals surface area contributed by atoms with E-state index in [4.69, 9.17) is 10.5 Å². The first-order chi connectivity index (χ1) is 10.0. The number of likely N-dealkylation sites (N-methyl/N-ethyl adjacent to an activating group) is 1. The first-order valence-corrected chi connectivity index (χ1v) is 7.66. The van der Waals surface area contributed by atoms with Crippen LogP contribution < -0.4 is 15.4 Å². The summed E-state index contributed by atoms with van der Waals surface area (Å²) >= 11 is 0. The van der Waals surface area contributed by atoms with E-state index in [0.29, 0.717) is 24.1 Å². The molecule has 0 aromatic heterocycles. The van der Waals surface area contributed by atoms with E-state index in [2.05, 4.69) is 23.9 Å². The summed E-state index contributed by atoms with van der Waals surface area (Å²) in [6, 6.07) is 3.63. The van der Waals surface area contributed by atoms with Crippen LogP contribution in [0.3, 0.4) is 0 Å². The Morgan fingerprint density at radius 2 is 2.19 bits per heavy atom. The Morgan fingerprint density at radius 1 is 1.43 bits per heavy atom. The third-order valence-corrected chi connectivity index (χ3v) is 4.01. The molecule has 1 fully saturated rings. The number of nitrogens with zero attached hydrogens (tertiary/aromatic N) is 2. The van der Waals surface area contributed by atoms with Crippen molar-refractivity contribution in [2.75, 3.05) is 44.4 Å². The average molecular weight is 295 g/mol. The molecular formula is C16H26FN3O. The molecule has 1 atom stereocenters. The van der Waals surface area contributed by atoms with E-state index >= 15 is 0 Å². The number of benzene rings is 1. The van der Waals surface area contributed by atoms with Crippen LogP contribution in [0, 0.1) is 5.82 Å². The lowest BCUT2D eigenvalue weighted by atomic mass is 10.0. The lowest BCUT2D eigenvalue weighted by Gasteiger charge is -2.38. The van der Waals surface area contributed by atoms with Gasteiger partial charge in [-0.05, 0) is 33.4 Å². The summed E-state index contributed by atoms with van der Waals surface area (Å²) in [6.07, 6.45) is 3.15. The highest BCUT2D eigenvalue weighted by Crippen LogP contribution is 2.33. The summed E-state index contributed by atoms with van der Waals surface area (Å²) in [5, 5.41) is 0. The summed E-state index contributed by atoms with van der Waals surface area (Å²) < 4.78 is 19.4. The summed E-state index contributed by atoms with van der Waals surface area (Å²) in [5.41, 5.74) is 7.39. The van der Waals surface area contributed by atoms with Crippen LogP contribution in [0.2, 0.25) is 0 Å². The Balaban J connectivity index is 2.21. The maximum absolute atomic E-state index is 13.9. The van der Waals surface area contributed by atoms with Gasteiger partial charge in [-0.3, -0.25) is 0 Å². The molecule has 1 unspecified atom stereocenters. The van der Waals surface area contributed by atoms with E-state index < -0.39 is 0 Å². The average Bonchev–Trinajstić information content (AvgIpc) is 2.46. The molecule has 118 valence electrons. The zero-order chi connectivity index (χ0) is 15.4. The van der Waals surface area contributed by atoms with Gasteiger partial charge in [0.2, 0.25) is 0 Å². The second kappa shape index (κ2) is 6.98. The zero-order valence-electron chi connectivity index (χ0n) is 13.2. The molecule has 0 saturated carbocycles. The third-order valence-electron chi connectivity index (χ3n) is 4.01. The molecule has 1 heterocycles. The minimum Gasteiger partial charge on any atom is -0.490 e. The number of rotatable bonds is 5. The second-order valence-corrected chi connectivity index (χ2v) is 5.90. The van der Waals surface area contributed by atoms with E-state index in [-0.39, 0.29) is 5.82 Å². The largest absolute Gasteiger partial charge is 0.490 e. The van der Waals surface area contributed by atoms with Crippen molar-refractivity contribution in [1.29, 1.82) is 0 Å². The van der Waals surface area contributed by atoms with Gasteiger partial charge in [0.15, 0.2) is 11.6 Å². The van der Waals surface area contributed by atoms with Crippen LogP contribution in [-0.4, -0.2) is 44.7 Å². The smallest absolute Gasteiger partial charge is 0.167 e. The fourth-order valence-corrected chi connectivity index (χ4v) is 2.75. The maximum atomic E-state index is 13.9. The number of halogens is 1. The lowest BCUT2D eigenvalue weighted by Crippen LogP contribution is -2.45. The van der Waals surface area contributed by atoms with Gasteiger partial charge in [-0.15, -0.1) is 0 Å². The molecule has 1 aromatic rings.